The van der Waals surface area contributed by atoms with Crippen molar-refractivity contribution in [3.63, 3.8) is 0 Å². The summed E-state index contributed by atoms with van der Waals surface area (Å²) in [7, 11) is -10.7. The van der Waals surface area contributed by atoms with Gasteiger partial charge in [-0.2, -0.15) is 0 Å². The van der Waals surface area contributed by atoms with Crippen LogP contribution < -0.4 is 0 Å². The van der Waals surface area contributed by atoms with Crippen LogP contribution in [0.4, 0.5) is 0 Å². The fraction of sp³-hybridized carbons (Fsp3) is 0.550. The van der Waals surface area contributed by atoms with Crippen LogP contribution in [0.15, 0.2) is 78.4 Å². The lowest BCUT2D eigenvalue weighted by atomic mass is 9.97. The molecule has 0 aromatic heterocycles. The summed E-state index contributed by atoms with van der Waals surface area (Å²) < 4.78 is 32.3. The Morgan fingerprint density at radius 1 is 0.574 bits per heavy atom. The Morgan fingerprint density at radius 3 is 1.33 bits per heavy atom. The highest BCUT2D eigenvalue weighted by Crippen LogP contribution is 2.29. The van der Waals surface area contributed by atoms with Crippen LogP contribution in [0.3, 0.4) is 0 Å². The molecule has 0 aliphatic carbocycles. The van der Waals surface area contributed by atoms with Gasteiger partial charge < -0.3 is 21.8 Å². The van der Waals surface area contributed by atoms with E-state index < -0.39 is 60.9 Å². The molecule has 0 saturated carbocycles. The molecule has 0 aliphatic heterocycles. The Kier molecular flexibility index (Phi) is 18.0. The first-order chi connectivity index (χ1) is 24.6. The van der Waals surface area contributed by atoms with E-state index in [0.29, 0.717) is 6.04 Å². The van der Waals surface area contributed by atoms with Gasteiger partial charge in [-0.25, -0.2) is 9.59 Å². The van der Waals surface area contributed by atoms with E-state index in [1.807, 2.05) is 66.7 Å². The summed E-state index contributed by atoms with van der Waals surface area (Å²) in [6.07, 6.45) is 3.39. The summed E-state index contributed by atoms with van der Waals surface area (Å²) in [5.74, 6) is -1.32. The molecule has 0 aliphatic rings. The molecule has 14 heteroatoms. The molecule has 3 atom stereocenters. The van der Waals surface area contributed by atoms with Crippen molar-refractivity contribution in [3.8, 4) is 0 Å². The minimum absolute atomic E-state index is 0.0310. The van der Waals surface area contributed by atoms with Crippen LogP contribution in [0.2, 0.25) is 104 Å². The Bertz CT molecular complexity index is 1410. The van der Waals surface area contributed by atoms with Crippen molar-refractivity contribution in [2.75, 3.05) is 13.2 Å². The van der Waals surface area contributed by atoms with Gasteiger partial charge in [0.15, 0.2) is 32.8 Å². The molecular formula is C40H70O7Si7. The van der Waals surface area contributed by atoms with E-state index in [2.05, 4.69) is 106 Å². The molecule has 0 spiro atoms. The normalized spacial score (nSPS) is 15.5. The molecule has 54 heavy (non-hydrogen) atoms. The molecular weight excluding hydrogens is 789 g/mol. The third kappa shape index (κ3) is 19.4. The number of carbonyl (C=O) groups is 2. The van der Waals surface area contributed by atoms with Crippen LogP contribution in [-0.2, 0) is 31.4 Å². The zero-order valence-electron chi connectivity index (χ0n) is 36.3. The highest BCUT2D eigenvalue weighted by molar-refractivity contribution is 7.51. The van der Waals surface area contributed by atoms with E-state index in [1.165, 1.54) is 0 Å². The maximum absolute atomic E-state index is 13.9. The predicted molar refractivity (Wildman–Crippen MR) is 244 cm³/mol. The second kappa shape index (κ2) is 20.1. The smallest absolute Gasteiger partial charge is 0.345 e. The number of benzene rings is 2. The predicted octanol–water partition coefficient (Wildman–Crippen LogP) is 10.6. The lowest BCUT2D eigenvalue weighted by Crippen LogP contribution is -2.58. The van der Waals surface area contributed by atoms with Crippen molar-refractivity contribution >= 4 is 75.0 Å². The molecule has 0 heterocycles. The first-order valence-electron chi connectivity index (χ1n) is 19.3. The fourth-order valence-corrected chi connectivity index (χ4v) is 54.9. The van der Waals surface area contributed by atoms with Crippen LogP contribution in [0.5, 0.6) is 0 Å². The average Bonchev–Trinajstić information content (AvgIpc) is 2.97. The summed E-state index contributed by atoms with van der Waals surface area (Å²) in [6, 6.07) is 21.5. The summed E-state index contributed by atoms with van der Waals surface area (Å²) in [5, 5.41) is 0. The summed E-state index contributed by atoms with van der Waals surface area (Å²) in [6.45, 7) is 36.1. The number of hydrogen-bond donors (Lipinski definition) is 0. The summed E-state index contributed by atoms with van der Waals surface area (Å²) in [4.78, 5) is 27.9. The molecule has 0 bridgehead atoms. The van der Waals surface area contributed by atoms with Gasteiger partial charge in [-0.3, -0.25) is 0 Å². The second-order valence-corrected chi connectivity index (χ2v) is 55.2. The van der Waals surface area contributed by atoms with Crippen molar-refractivity contribution in [2.45, 2.75) is 118 Å². The minimum atomic E-state index is -2.57. The van der Waals surface area contributed by atoms with Gasteiger partial charge in [-0.1, -0.05) is 100 Å². The largest absolute Gasteiger partial charge is 0.462 e. The molecule has 300 valence electrons. The van der Waals surface area contributed by atoms with Gasteiger partial charge >= 0.3 is 20.5 Å². The lowest BCUT2D eigenvalue weighted by Gasteiger charge is -2.39. The van der Waals surface area contributed by atoms with Crippen LogP contribution in [0.1, 0.15) is 25.0 Å². The lowest BCUT2D eigenvalue weighted by molar-refractivity contribution is -0.148. The zero-order chi connectivity index (χ0) is 41.2. The van der Waals surface area contributed by atoms with Crippen molar-refractivity contribution in [1.82, 2.24) is 0 Å². The van der Waals surface area contributed by atoms with Crippen LogP contribution in [0, 0.1) is 11.8 Å². The van der Waals surface area contributed by atoms with E-state index >= 15 is 0 Å². The molecule has 2 aromatic carbocycles. The monoisotopic (exact) mass is 858 g/mol. The molecule has 0 saturated heterocycles. The van der Waals surface area contributed by atoms with E-state index in [9.17, 15) is 9.59 Å². The summed E-state index contributed by atoms with van der Waals surface area (Å²) in [5.41, 5.74) is 2.68. The van der Waals surface area contributed by atoms with E-state index in [-0.39, 0.29) is 30.6 Å². The number of rotatable bonds is 21. The van der Waals surface area contributed by atoms with Crippen molar-refractivity contribution < 1.29 is 31.4 Å². The maximum atomic E-state index is 13.9. The van der Waals surface area contributed by atoms with Gasteiger partial charge in [0, 0.05) is 7.59 Å². The van der Waals surface area contributed by atoms with Crippen molar-refractivity contribution in [3.05, 3.63) is 89.5 Å². The maximum Gasteiger partial charge on any atom is 0.345 e. The third-order valence-corrected chi connectivity index (χ3v) is 41.4. The SMILES string of the molecule is CC(COC(=O)/C(=C\C=C(c1ccccc1)c1ccccc1)C(=O)OCC(C)C[Si](C)(O[Si](C)(C)C)[Si][Si](C)(C)C)C[Si](C)(O[Si](C)(C)C)O[Si](C)(C)C. The molecule has 2 aromatic rings. The zero-order valence-corrected chi connectivity index (χ0v) is 43.3. The molecule has 0 fully saturated rings. The van der Waals surface area contributed by atoms with Gasteiger partial charge in [-0.05, 0) is 119 Å². The molecule has 7 nitrogen and oxygen atoms in total. The number of esters is 2. The molecule has 2 radical (unpaired) electrons. The number of allylic oxidation sites excluding steroid dienone is 2. The average molecular weight is 860 g/mol. The van der Waals surface area contributed by atoms with Gasteiger partial charge in [0.25, 0.3) is 0 Å². The summed E-state index contributed by atoms with van der Waals surface area (Å²) >= 11 is 0. The Labute approximate surface area is 336 Å². The van der Waals surface area contributed by atoms with Crippen LogP contribution in [0.25, 0.3) is 5.57 Å². The molecule has 2 rings (SSSR count). The topological polar surface area (TPSA) is 80.3 Å². The van der Waals surface area contributed by atoms with E-state index in [4.69, 9.17) is 21.8 Å². The fourth-order valence-electron chi connectivity index (χ4n) is 6.97. The Balaban J connectivity index is 2.43. The second-order valence-electron chi connectivity index (χ2n) is 19.1. The van der Waals surface area contributed by atoms with Crippen LogP contribution >= 0.6 is 0 Å². The highest BCUT2D eigenvalue weighted by Gasteiger charge is 2.42. The highest BCUT2D eigenvalue weighted by atomic mass is 29.6. The van der Waals surface area contributed by atoms with Gasteiger partial charge in [0.2, 0.25) is 0 Å². The van der Waals surface area contributed by atoms with Crippen molar-refractivity contribution in [1.29, 1.82) is 0 Å². The molecule has 0 N–H and O–H groups in total. The van der Waals surface area contributed by atoms with E-state index in [0.717, 1.165) is 31.3 Å². The minimum Gasteiger partial charge on any atom is -0.462 e. The number of hydrogen-bond acceptors (Lipinski definition) is 7. The molecule has 0 amide bonds. The first kappa shape index (κ1) is 48.4. The van der Waals surface area contributed by atoms with Crippen molar-refractivity contribution in [2.24, 2.45) is 11.8 Å². The van der Waals surface area contributed by atoms with Crippen LogP contribution in [-0.4, -0.2) is 82.6 Å². The Hall–Kier alpha value is -1.74. The standard InChI is InChI=1S/C40H70O7Si7/c1-33(31-53(15,45-49(3,4)5)46-50(6,7)8)29-43-39(41)38(28-27-37(35-23-19-17-20-24-35)36-25-21-18-22-26-36)40(42)44-30-34(2)32-54(16,47-51(9,10)11)48-52(12,13)14/h17-28,33-34H,29-32H2,1-16H3/b38-28+. The Morgan fingerprint density at radius 2 is 0.963 bits per heavy atom. The van der Waals surface area contributed by atoms with Gasteiger partial charge in [0.1, 0.15) is 5.57 Å². The third-order valence-electron chi connectivity index (χ3n) is 7.70. The first-order valence-corrected chi connectivity index (χ1v) is 41.2. The number of carbonyl (C=O) groups excluding carboxylic acids is 2. The van der Waals surface area contributed by atoms with Gasteiger partial charge in [-0.15, -0.1) is 0 Å². The quantitative estimate of drug-likeness (QED) is 0.0309. The molecule has 3 unspecified atom stereocenters. The van der Waals surface area contributed by atoms with E-state index in [1.54, 1.807) is 6.08 Å². The van der Waals surface area contributed by atoms with Gasteiger partial charge in [0.05, 0.1) is 21.8 Å². The number of ether oxygens (including phenoxy) is 2.